The summed E-state index contributed by atoms with van der Waals surface area (Å²) in [7, 11) is 1.62. The van der Waals surface area contributed by atoms with Gasteiger partial charge in [-0.1, -0.05) is 0 Å². The van der Waals surface area contributed by atoms with Crippen molar-refractivity contribution >= 4 is 23.1 Å². The van der Waals surface area contributed by atoms with Crippen LogP contribution < -0.4 is 21.7 Å². The Hall–Kier alpha value is 0.186. The van der Waals surface area contributed by atoms with Gasteiger partial charge in [-0.05, 0) is 0 Å². The number of halogens is 1. The first-order chi connectivity index (χ1) is 6.40. The predicted molar refractivity (Wildman–Crippen MR) is 52.2 cm³/mol. The van der Waals surface area contributed by atoms with Crippen LogP contribution in [0.15, 0.2) is 18.2 Å². The average Bonchev–Trinajstić information content (AvgIpc) is 2.71. The fourth-order valence-corrected chi connectivity index (χ4v) is 1.25. The molecule has 0 saturated carbocycles. The molecule has 2 rings (SSSR count). The number of methoxy groups -OCH3 is 1. The summed E-state index contributed by atoms with van der Waals surface area (Å²) in [5, 5.41) is 0. The molecule has 0 atom stereocenters. The fraction of sp³-hybridized carbons (Fsp3) is 0.400. The predicted octanol–water partition coefficient (Wildman–Crippen LogP) is -1.84. The number of hydrogen-bond acceptors (Lipinski definition) is 3. The number of benzene rings is 1. The van der Waals surface area contributed by atoms with Gasteiger partial charge in [0.05, 0.1) is 20.3 Å². The second-order valence-corrected chi connectivity index (χ2v) is 2.76. The Bertz CT molecular complexity index is 273. The standard InChI is InChI=1S/C10H11O3.BrH.Mg/c1-11-9-4-2-8(3-5-9)10-12-6-7-13-10;;/h2-4,10H,6-7H2,1H3;1H;/q-1;;+2/p-1. The summed E-state index contributed by atoms with van der Waals surface area (Å²) in [6, 6.07) is 8.58. The van der Waals surface area contributed by atoms with E-state index in [-0.39, 0.29) is 46.3 Å². The van der Waals surface area contributed by atoms with Crippen molar-refractivity contribution in [2.45, 2.75) is 6.29 Å². The van der Waals surface area contributed by atoms with Crippen LogP contribution in [0, 0.1) is 6.07 Å². The maximum Gasteiger partial charge on any atom is 2.00 e. The van der Waals surface area contributed by atoms with Crippen molar-refractivity contribution in [1.82, 2.24) is 0 Å². The molecule has 5 heteroatoms. The third-order valence-corrected chi connectivity index (χ3v) is 1.92. The normalized spacial score (nSPS) is 15.3. The van der Waals surface area contributed by atoms with Crippen molar-refractivity contribution in [3.8, 4) is 5.75 Å². The molecule has 1 aliphatic heterocycles. The maximum absolute atomic E-state index is 5.33. The van der Waals surface area contributed by atoms with Crippen LogP contribution in [0.3, 0.4) is 0 Å². The van der Waals surface area contributed by atoms with Gasteiger partial charge in [0.1, 0.15) is 6.29 Å². The molecule has 0 radical (unpaired) electrons. The summed E-state index contributed by atoms with van der Waals surface area (Å²) in [6.45, 7) is 1.33. The van der Waals surface area contributed by atoms with Crippen molar-refractivity contribution in [2.24, 2.45) is 0 Å². The van der Waals surface area contributed by atoms with Crippen LogP contribution in [0.5, 0.6) is 5.75 Å². The first-order valence-corrected chi connectivity index (χ1v) is 4.19. The van der Waals surface area contributed by atoms with Gasteiger partial charge < -0.3 is 31.2 Å². The molecule has 1 aliphatic rings. The first-order valence-electron chi connectivity index (χ1n) is 4.19. The van der Waals surface area contributed by atoms with Gasteiger partial charge in [0.25, 0.3) is 0 Å². The van der Waals surface area contributed by atoms with E-state index < -0.39 is 0 Å². The Morgan fingerprint density at radius 2 is 2.00 bits per heavy atom. The number of ether oxygens (including phenoxy) is 3. The molecule has 1 fully saturated rings. The minimum atomic E-state index is -0.220. The average molecular weight is 283 g/mol. The molecule has 1 saturated heterocycles. The van der Waals surface area contributed by atoms with Gasteiger partial charge in [-0.2, -0.15) is 12.1 Å². The second kappa shape index (κ2) is 7.46. The summed E-state index contributed by atoms with van der Waals surface area (Å²) in [6.07, 6.45) is -0.220. The Labute approximate surface area is 116 Å². The van der Waals surface area contributed by atoms with Crippen LogP contribution >= 0.6 is 0 Å². The van der Waals surface area contributed by atoms with E-state index in [1.165, 1.54) is 0 Å². The molecule has 0 aliphatic carbocycles. The monoisotopic (exact) mass is 282 g/mol. The molecule has 0 unspecified atom stereocenters. The van der Waals surface area contributed by atoms with Crippen molar-refractivity contribution in [2.75, 3.05) is 20.3 Å². The fourth-order valence-electron chi connectivity index (χ4n) is 1.25. The summed E-state index contributed by atoms with van der Waals surface area (Å²) >= 11 is 0. The molecular weight excluding hydrogens is 272 g/mol. The Morgan fingerprint density at radius 1 is 1.33 bits per heavy atom. The van der Waals surface area contributed by atoms with E-state index in [4.69, 9.17) is 14.2 Å². The zero-order valence-electron chi connectivity index (χ0n) is 8.53. The Balaban J connectivity index is 0.000000980. The molecule has 1 heterocycles. The molecule has 15 heavy (non-hydrogen) atoms. The summed E-state index contributed by atoms with van der Waals surface area (Å²) in [4.78, 5) is 0. The van der Waals surface area contributed by atoms with Crippen LogP contribution in [0.1, 0.15) is 11.9 Å². The van der Waals surface area contributed by atoms with Crippen molar-refractivity contribution < 1.29 is 31.2 Å². The molecule has 78 valence electrons. The molecule has 0 aromatic heterocycles. The number of hydrogen-bond donors (Lipinski definition) is 0. The van der Waals surface area contributed by atoms with Crippen LogP contribution in [-0.4, -0.2) is 43.4 Å². The second-order valence-electron chi connectivity index (χ2n) is 2.76. The van der Waals surface area contributed by atoms with Gasteiger partial charge in [-0.15, -0.1) is 17.7 Å². The molecular formula is C10H11BrMgO3. The molecule has 3 nitrogen and oxygen atoms in total. The SMILES string of the molecule is COc1[c-]cc(C2OCCO2)cc1.[Br-].[Mg+2]. The van der Waals surface area contributed by atoms with Crippen LogP contribution in [0.25, 0.3) is 0 Å². The quantitative estimate of drug-likeness (QED) is 0.472. The first kappa shape index (κ1) is 15.2. The van der Waals surface area contributed by atoms with E-state index in [0.29, 0.717) is 13.2 Å². The topological polar surface area (TPSA) is 27.7 Å². The zero-order valence-corrected chi connectivity index (χ0v) is 11.5. The molecule has 0 amide bonds. The van der Waals surface area contributed by atoms with Crippen molar-refractivity contribution in [1.29, 1.82) is 0 Å². The van der Waals surface area contributed by atoms with Gasteiger partial charge in [-0.3, -0.25) is 0 Å². The Kier molecular flexibility index (Phi) is 7.55. The minimum absolute atomic E-state index is 0. The molecule has 0 spiro atoms. The third-order valence-electron chi connectivity index (χ3n) is 1.92. The van der Waals surface area contributed by atoms with E-state index in [9.17, 15) is 0 Å². The third kappa shape index (κ3) is 3.92. The van der Waals surface area contributed by atoms with E-state index >= 15 is 0 Å². The molecule has 1 aromatic rings. The maximum atomic E-state index is 5.33. The van der Waals surface area contributed by atoms with Gasteiger partial charge in [0.15, 0.2) is 0 Å². The summed E-state index contributed by atoms with van der Waals surface area (Å²) in [5.41, 5.74) is 0.985. The van der Waals surface area contributed by atoms with Gasteiger partial charge in [0, 0.05) is 5.75 Å². The van der Waals surface area contributed by atoms with Gasteiger partial charge >= 0.3 is 23.1 Å². The Morgan fingerprint density at radius 3 is 2.47 bits per heavy atom. The van der Waals surface area contributed by atoms with E-state index in [1.807, 2.05) is 18.2 Å². The van der Waals surface area contributed by atoms with Crippen LogP contribution in [0.2, 0.25) is 0 Å². The number of rotatable bonds is 2. The van der Waals surface area contributed by atoms with E-state index in [2.05, 4.69) is 6.07 Å². The summed E-state index contributed by atoms with van der Waals surface area (Å²) in [5.74, 6) is 0.724. The minimum Gasteiger partial charge on any atom is -1.00 e. The van der Waals surface area contributed by atoms with Gasteiger partial charge in [0.2, 0.25) is 0 Å². The van der Waals surface area contributed by atoms with Crippen molar-refractivity contribution in [3.63, 3.8) is 0 Å². The van der Waals surface area contributed by atoms with E-state index in [0.717, 1.165) is 11.3 Å². The van der Waals surface area contributed by atoms with Crippen LogP contribution in [-0.2, 0) is 9.47 Å². The zero-order chi connectivity index (χ0) is 9.10. The van der Waals surface area contributed by atoms with Gasteiger partial charge in [-0.25, -0.2) is 0 Å². The smallest absolute Gasteiger partial charge is 1.00 e. The van der Waals surface area contributed by atoms with Crippen LogP contribution in [0.4, 0.5) is 0 Å². The van der Waals surface area contributed by atoms with Crippen molar-refractivity contribution in [3.05, 3.63) is 29.8 Å². The largest absolute Gasteiger partial charge is 2.00 e. The van der Waals surface area contributed by atoms with E-state index in [1.54, 1.807) is 7.11 Å². The molecule has 0 N–H and O–H groups in total. The molecule has 0 bridgehead atoms. The molecule has 1 aromatic carbocycles. The summed E-state index contributed by atoms with van der Waals surface area (Å²) < 4.78 is 15.7.